The topological polar surface area (TPSA) is 76.2 Å². The molecule has 0 bridgehead atoms. The van der Waals surface area contributed by atoms with E-state index in [1.54, 1.807) is 0 Å². The number of nitrogen functional groups attached to an aromatic ring is 1. The number of carbonyl (C=O) groups is 1. The lowest BCUT2D eigenvalue weighted by Crippen LogP contribution is -2.01. The number of carboxylic acid groups (broad SMARTS) is 1. The fourth-order valence-electron chi connectivity index (χ4n) is 1.55. The lowest BCUT2D eigenvalue weighted by molar-refractivity contribution is 0.0697. The van der Waals surface area contributed by atoms with Crippen LogP contribution in [0.1, 0.15) is 15.9 Å². The van der Waals surface area contributed by atoms with Gasteiger partial charge in [0.1, 0.15) is 5.82 Å². The van der Waals surface area contributed by atoms with E-state index in [1.807, 2.05) is 31.2 Å². The molecule has 17 heavy (non-hydrogen) atoms. The zero-order valence-corrected chi connectivity index (χ0v) is 9.34. The molecule has 4 heteroatoms. The van der Waals surface area contributed by atoms with Gasteiger partial charge in [-0.05, 0) is 19.1 Å². The summed E-state index contributed by atoms with van der Waals surface area (Å²) in [5.74, 6) is -0.798. The monoisotopic (exact) mass is 228 g/mol. The average Bonchev–Trinajstić information content (AvgIpc) is 2.29. The molecule has 0 radical (unpaired) electrons. The Balaban J connectivity index is 2.51. The van der Waals surface area contributed by atoms with Crippen molar-refractivity contribution in [3.63, 3.8) is 0 Å². The van der Waals surface area contributed by atoms with Crippen molar-refractivity contribution in [3.8, 4) is 11.3 Å². The summed E-state index contributed by atoms with van der Waals surface area (Å²) < 4.78 is 0. The van der Waals surface area contributed by atoms with Crippen molar-refractivity contribution in [3.05, 3.63) is 47.5 Å². The Morgan fingerprint density at radius 1 is 1.24 bits per heavy atom. The molecule has 0 aliphatic carbocycles. The summed E-state index contributed by atoms with van der Waals surface area (Å²) in [6, 6.07) is 10.5. The molecule has 0 aliphatic heterocycles. The Morgan fingerprint density at radius 3 is 2.47 bits per heavy atom. The molecule has 4 nitrogen and oxygen atoms in total. The van der Waals surface area contributed by atoms with Gasteiger partial charge in [-0.2, -0.15) is 0 Å². The maximum Gasteiger partial charge on any atom is 0.335 e. The van der Waals surface area contributed by atoms with Crippen molar-refractivity contribution < 1.29 is 9.90 Å². The highest BCUT2D eigenvalue weighted by molar-refractivity contribution is 5.89. The summed E-state index contributed by atoms with van der Waals surface area (Å²) in [5.41, 5.74) is 8.30. The van der Waals surface area contributed by atoms with E-state index in [1.165, 1.54) is 12.1 Å². The number of aromatic nitrogens is 1. The number of aromatic carboxylic acids is 1. The number of nitrogens with two attached hydrogens (primary N) is 1. The van der Waals surface area contributed by atoms with Gasteiger partial charge in [-0.1, -0.05) is 29.8 Å². The van der Waals surface area contributed by atoms with Crippen molar-refractivity contribution in [2.45, 2.75) is 6.92 Å². The van der Waals surface area contributed by atoms with Crippen LogP contribution in [0, 0.1) is 6.92 Å². The van der Waals surface area contributed by atoms with E-state index in [2.05, 4.69) is 4.98 Å². The molecule has 1 aromatic carbocycles. The second kappa shape index (κ2) is 4.25. The van der Waals surface area contributed by atoms with E-state index in [-0.39, 0.29) is 11.4 Å². The second-order valence-corrected chi connectivity index (χ2v) is 3.84. The molecule has 86 valence electrons. The first kappa shape index (κ1) is 11.1. The molecule has 3 N–H and O–H groups in total. The van der Waals surface area contributed by atoms with E-state index in [9.17, 15) is 4.79 Å². The molecule has 1 heterocycles. The zero-order valence-electron chi connectivity index (χ0n) is 9.34. The number of carboxylic acids is 1. The SMILES string of the molecule is Cc1ccc(-c2cc(C(=O)O)cc(N)n2)cc1. The van der Waals surface area contributed by atoms with Crippen molar-refractivity contribution in [1.82, 2.24) is 4.98 Å². The van der Waals surface area contributed by atoms with Crippen LogP contribution in [-0.2, 0) is 0 Å². The lowest BCUT2D eigenvalue weighted by Gasteiger charge is -2.04. The maximum absolute atomic E-state index is 10.9. The molecule has 0 atom stereocenters. The molecule has 0 aliphatic rings. The fourth-order valence-corrected chi connectivity index (χ4v) is 1.55. The predicted octanol–water partition coefficient (Wildman–Crippen LogP) is 2.34. The van der Waals surface area contributed by atoms with Crippen molar-refractivity contribution >= 4 is 11.8 Å². The Bertz CT molecular complexity index is 562. The molecule has 0 spiro atoms. The summed E-state index contributed by atoms with van der Waals surface area (Å²) in [6.45, 7) is 1.99. The van der Waals surface area contributed by atoms with Crippen LogP contribution >= 0.6 is 0 Å². The fraction of sp³-hybridized carbons (Fsp3) is 0.0769. The van der Waals surface area contributed by atoms with Gasteiger partial charge in [0.2, 0.25) is 0 Å². The van der Waals surface area contributed by atoms with Crippen molar-refractivity contribution in [1.29, 1.82) is 0 Å². The first-order valence-electron chi connectivity index (χ1n) is 5.14. The van der Waals surface area contributed by atoms with Gasteiger partial charge in [0, 0.05) is 5.56 Å². The zero-order chi connectivity index (χ0) is 12.4. The number of aryl methyl sites for hydroxylation is 1. The van der Waals surface area contributed by atoms with E-state index in [0.717, 1.165) is 11.1 Å². The van der Waals surface area contributed by atoms with Crippen LogP contribution in [0.5, 0.6) is 0 Å². The predicted molar refractivity (Wildman–Crippen MR) is 65.8 cm³/mol. The second-order valence-electron chi connectivity index (χ2n) is 3.84. The van der Waals surface area contributed by atoms with Crippen molar-refractivity contribution in [2.75, 3.05) is 5.73 Å². The number of pyridine rings is 1. The van der Waals surface area contributed by atoms with Crippen LogP contribution in [0.25, 0.3) is 11.3 Å². The molecule has 2 aromatic rings. The molecule has 0 amide bonds. The van der Waals surface area contributed by atoms with Crippen LogP contribution in [-0.4, -0.2) is 16.1 Å². The van der Waals surface area contributed by atoms with Gasteiger partial charge in [-0.15, -0.1) is 0 Å². The quantitative estimate of drug-likeness (QED) is 0.827. The number of hydrogen-bond donors (Lipinski definition) is 2. The Hall–Kier alpha value is -2.36. The van der Waals surface area contributed by atoms with Crippen molar-refractivity contribution in [2.24, 2.45) is 0 Å². The van der Waals surface area contributed by atoms with Gasteiger partial charge in [0.15, 0.2) is 0 Å². The van der Waals surface area contributed by atoms with E-state index < -0.39 is 5.97 Å². The van der Waals surface area contributed by atoms with E-state index in [4.69, 9.17) is 10.8 Å². The first-order chi connectivity index (χ1) is 8.06. The summed E-state index contributed by atoms with van der Waals surface area (Å²) in [6.07, 6.45) is 0. The molecule has 0 fully saturated rings. The van der Waals surface area contributed by atoms with Crippen LogP contribution in [0.15, 0.2) is 36.4 Å². The largest absolute Gasteiger partial charge is 0.478 e. The van der Waals surface area contributed by atoms with Gasteiger partial charge < -0.3 is 10.8 Å². The normalized spacial score (nSPS) is 10.2. The molecule has 2 rings (SSSR count). The van der Waals surface area contributed by atoms with Gasteiger partial charge in [0.05, 0.1) is 11.3 Å². The first-order valence-corrected chi connectivity index (χ1v) is 5.14. The number of nitrogens with zero attached hydrogens (tertiary/aromatic N) is 1. The average molecular weight is 228 g/mol. The van der Waals surface area contributed by atoms with Crippen LogP contribution in [0.2, 0.25) is 0 Å². The maximum atomic E-state index is 10.9. The third-order valence-electron chi connectivity index (χ3n) is 2.44. The Kier molecular flexibility index (Phi) is 2.78. The highest BCUT2D eigenvalue weighted by Crippen LogP contribution is 2.20. The van der Waals surface area contributed by atoms with E-state index in [0.29, 0.717) is 5.69 Å². The molecular formula is C13H12N2O2. The smallest absolute Gasteiger partial charge is 0.335 e. The van der Waals surface area contributed by atoms with Gasteiger partial charge in [-0.25, -0.2) is 9.78 Å². The van der Waals surface area contributed by atoms with Gasteiger partial charge in [-0.3, -0.25) is 0 Å². The Morgan fingerprint density at radius 2 is 1.88 bits per heavy atom. The minimum atomic E-state index is -1.01. The molecule has 0 saturated carbocycles. The third-order valence-corrected chi connectivity index (χ3v) is 2.44. The summed E-state index contributed by atoms with van der Waals surface area (Å²) >= 11 is 0. The van der Waals surface area contributed by atoms with Gasteiger partial charge in [0.25, 0.3) is 0 Å². The van der Waals surface area contributed by atoms with Gasteiger partial charge >= 0.3 is 5.97 Å². The molecular weight excluding hydrogens is 216 g/mol. The Labute approximate surface area is 98.7 Å². The van der Waals surface area contributed by atoms with Crippen LogP contribution in [0.3, 0.4) is 0 Å². The molecule has 0 saturated heterocycles. The summed E-state index contributed by atoms with van der Waals surface area (Å²) in [7, 11) is 0. The molecule has 0 unspecified atom stereocenters. The minimum Gasteiger partial charge on any atom is -0.478 e. The summed E-state index contributed by atoms with van der Waals surface area (Å²) in [4.78, 5) is 15.0. The molecule has 1 aromatic heterocycles. The van der Waals surface area contributed by atoms with Crippen LogP contribution < -0.4 is 5.73 Å². The highest BCUT2D eigenvalue weighted by Gasteiger charge is 2.08. The number of rotatable bonds is 2. The van der Waals surface area contributed by atoms with Crippen LogP contribution in [0.4, 0.5) is 5.82 Å². The number of anilines is 1. The lowest BCUT2D eigenvalue weighted by atomic mass is 10.1. The standard InChI is InChI=1S/C13H12N2O2/c1-8-2-4-9(5-3-8)11-6-10(13(16)17)7-12(14)15-11/h2-7H,1H3,(H2,14,15)(H,16,17). The van der Waals surface area contributed by atoms with E-state index >= 15 is 0 Å². The number of benzene rings is 1. The summed E-state index contributed by atoms with van der Waals surface area (Å²) in [5, 5.41) is 8.94. The highest BCUT2D eigenvalue weighted by atomic mass is 16.4. The third kappa shape index (κ3) is 2.42. The minimum absolute atomic E-state index is 0.146. The number of hydrogen-bond acceptors (Lipinski definition) is 3.